The molecule has 1 aliphatic heterocycles. The molecule has 2 N–H and O–H groups in total. The van der Waals surface area contributed by atoms with Gasteiger partial charge in [0.15, 0.2) is 0 Å². The zero-order chi connectivity index (χ0) is 13.5. The lowest BCUT2D eigenvalue weighted by Gasteiger charge is -2.27. The summed E-state index contributed by atoms with van der Waals surface area (Å²) in [5.41, 5.74) is 0.920. The smallest absolute Gasteiger partial charge is 0.226 e. The quantitative estimate of drug-likeness (QED) is 0.781. The van der Waals surface area contributed by atoms with E-state index in [1.54, 1.807) is 0 Å². The van der Waals surface area contributed by atoms with Crippen LogP contribution in [0.4, 0.5) is 5.95 Å². The van der Waals surface area contributed by atoms with Crippen molar-refractivity contribution in [2.45, 2.75) is 13.8 Å². The predicted octanol–water partition coefficient (Wildman–Crippen LogP) is 0.501. The molecule has 1 aromatic rings. The predicted molar refractivity (Wildman–Crippen MR) is 75.7 cm³/mol. The van der Waals surface area contributed by atoms with Crippen molar-refractivity contribution in [3.05, 3.63) is 11.8 Å². The number of hydrogen-bond donors (Lipinski definition) is 2. The first kappa shape index (κ1) is 14.0. The third-order valence-electron chi connectivity index (χ3n) is 3.04. The third kappa shape index (κ3) is 4.65. The molecule has 1 saturated heterocycles. The number of piperazine rings is 1. The highest BCUT2D eigenvalue weighted by Crippen LogP contribution is 2.11. The van der Waals surface area contributed by atoms with Gasteiger partial charge in [-0.05, 0) is 13.8 Å². The second kappa shape index (κ2) is 7.25. The number of nitrogens with one attached hydrogen (secondary N) is 2. The van der Waals surface area contributed by atoms with Gasteiger partial charge in [0.2, 0.25) is 11.8 Å². The zero-order valence-corrected chi connectivity index (χ0v) is 11.8. The van der Waals surface area contributed by atoms with Crippen LogP contribution in [-0.2, 0) is 0 Å². The summed E-state index contributed by atoms with van der Waals surface area (Å²) in [5, 5.41) is 6.62. The van der Waals surface area contributed by atoms with Gasteiger partial charge in [0.1, 0.15) is 0 Å². The summed E-state index contributed by atoms with van der Waals surface area (Å²) in [6.07, 6.45) is 0. The zero-order valence-electron chi connectivity index (χ0n) is 11.8. The molecule has 0 spiro atoms. The second-order valence-electron chi connectivity index (χ2n) is 4.62. The number of rotatable bonds is 6. The summed E-state index contributed by atoms with van der Waals surface area (Å²) >= 11 is 0. The van der Waals surface area contributed by atoms with Gasteiger partial charge < -0.3 is 15.4 Å². The Morgan fingerprint density at radius 2 is 2.16 bits per heavy atom. The van der Waals surface area contributed by atoms with Crippen LogP contribution in [-0.4, -0.2) is 60.7 Å². The number of nitrogens with zero attached hydrogens (tertiary/aromatic N) is 3. The van der Waals surface area contributed by atoms with E-state index in [-0.39, 0.29) is 0 Å². The Hall–Kier alpha value is -1.40. The molecule has 0 bridgehead atoms. The molecule has 1 fully saturated rings. The van der Waals surface area contributed by atoms with Crippen molar-refractivity contribution in [2.75, 3.05) is 51.2 Å². The van der Waals surface area contributed by atoms with Crippen LogP contribution < -0.4 is 15.4 Å². The van der Waals surface area contributed by atoms with Gasteiger partial charge in [-0.2, -0.15) is 4.98 Å². The molecule has 6 heteroatoms. The molecule has 1 aromatic heterocycles. The molecule has 0 amide bonds. The minimum Gasteiger partial charge on any atom is -0.478 e. The fraction of sp³-hybridized carbons (Fsp3) is 0.692. The maximum absolute atomic E-state index is 5.41. The topological polar surface area (TPSA) is 62.3 Å². The molecule has 2 rings (SSSR count). The fourth-order valence-corrected chi connectivity index (χ4v) is 2.10. The lowest BCUT2D eigenvalue weighted by atomic mass is 10.3. The van der Waals surface area contributed by atoms with Crippen LogP contribution in [0, 0.1) is 6.92 Å². The molecule has 1 aliphatic rings. The Labute approximate surface area is 114 Å². The first-order chi connectivity index (χ1) is 9.28. The van der Waals surface area contributed by atoms with Crippen molar-refractivity contribution in [1.82, 2.24) is 20.2 Å². The van der Waals surface area contributed by atoms with Gasteiger partial charge in [-0.25, -0.2) is 4.98 Å². The summed E-state index contributed by atoms with van der Waals surface area (Å²) in [4.78, 5) is 11.1. The molecular formula is C13H23N5O. The lowest BCUT2D eigenvalue weighted by molar-refractivity contribution is 0.249. The van der Waals surface area contributed by atoms with Crippen LogP contribution in [0.3, 0.4) is 0 Å². The van der Waals surface area contributed by atoms with E-state index in [0.29, 0.717) is 18.4 Å². The average molecular weight is 265 g/mol. The number of aromatic nitrogens is 2. The van der Waals surface area contributed by atoms with Crippen molar-refractivity contribution in [3.63, 3.8) is 0 Å². The maximum Gasteiger partial charge on any atom is 0.226 e. The van der Waals surface area contributed by atoms with Crippen LogP contribution in [0.25, 0.3) is 0 Å². The highest BCUT2D eigenvalue weighted by Gasteiger charge is 2.09. The van der Waals surface area contributed by atoms with Gasteiger partial charge in [0.25, 0.3) is 0 Å². The van der Waals surface area contributed by atoms with Gasteiger partial charge in [-0.1, -0.05) is 0 Å². The van der Waals surface area contributed by atoms with E-state index < -0.39 is 0 Å². The molecule has 6 nitrogen and oxygen atoms in total. The molecule has 2 heterocycles. The van der Waals surface area contributed by atoms with Crippen molar-refractivity contribution in [3.8, 4) is 5.88 Å². The second-order valence-corrected chi connectivity index (χ2v) is 4.62. The molecule has 106 valence electrons. The molecule has 0 radical (unpaired) electrons. The Kier molecular flexibility index (Phi) is 5.35. The van der Waals surface area contributed by atoms with E-state index >= 15 is 0 Å². The van der Waals surface area contributed by atoms with E-state index in [1.807, 2.05) is 19.9 Å². The molecule has 0 aliphatic carbocycles. The van der Waals surface area contributed by atoms with Gasteiger partial charge in [-0.15, -0.1) is 0 Å². The van der Waals surface area contributed by atoms with Crippen LogP contribution in [0.5, 0.6) is 5.88 Å². The van der Waals surface area contributed by atoms with E-state index in [0.717, 1.165) is 45.0 Å². The van der Waals surface area contributed by atoms with Crippen LogP contribution >= 0.6 is 0 Å². The first-order valence-corrected chi connectivity index (χ1v) is 6.93. The number of aryl methyl sites for hydroxylation is 1. The normalized spacial score (nSPS) is 16.3. The number of hydrogen-bond acceptors (Lipinski definition) is 6. The molecular weight excluding hydrogens is 242 g/mol. The minimum atomic E-state index is 0.622. The van der Waals surface area contributed by atoms with Gasteiger partial charge in [0, 0.05) is 51.0 Å². The van der Waals surface area contributed by atoms with E-state index in [1.165, 1.54) is 0 Å². The van der Waals surface area contributed by atoms with Crippen molar-refractivity contribution in [2.24, 2.45) is 0 Å². The summed E-state index contributed by atoms with van der Waals surface area (Å²) in [6, 6.07) is 1.85. The Bertz CT molecular complexity index is 393. The first-order valence-electron chi connectivity index (χ1n) is 6.93. The number of ether oxygens (including phenoxy) is 1. The molecule has 0 unspecified atom stereocenters. The van der Waals surface area contributed by atoms with Crippen LogP contribution in [0.15, 0.2) is 6.07 Å². The van der Waals surface area contributed by atoms with Gasteiger partial charge in [0.05, 0.1) is 6.61 Å². The number of anilines is 1. The third-order valence-corrected chi connectivity index (χ3v) is 3.04. The minimum absolute atomic E-state index is 0.622. The molecule has 0 aromatic carbocycles. The Balaban J connectivity index is 1.81. The SMILES string of the molecule is CCOc1cc(C)nc(NCCN2CCNCC2)n1. The van der Waals surface area contributed by atoms with Gasteiger partial charge in [-0.3, -0.25) is 4.90 Å². The van der Waals surface area contributed by atoms with Gasteiger partial charge >= 0.3 is 0 Å². The maximum atomic E-state index is 5.41. The van der Waals surface area contributed by atoms with Crippen molar-refractivity contribution >= 4 is 5.95 Å². The van der Waals surface area contributed by atoms with Crippen LogP contribution in [0.2, 0.25) is 0 Å². The highest BCUT2D eigenvalue weighted by atomic mass is 16.5. The van der Waals surface area contributed by atoms with Crippen LogP contribution in [0.1, 0.15) is 12.6 Å². The molecule has 0 atom stereocenters. The highest BCUT2D eigenvalue weighted by molar-refractivity contribution is 5.30. The Morgan fingerprint density at radius 1 is 1.37 bits per heavy atom. The molecule has 19 heavy (non-hydrogen) atoms. The standard InChI is InChI=1S/C13H23N5O/c1-3-19-12-10-11(2)16-13(17-12)15-6-9-18-7-4-14-5-8-18/h10,14H,3-9H2,1-2H3,(H,15,16,17). The summed E-state index contributed by atoms with van der Waals surface area (Å²) in [7, 11) is 0. The van der Waals surface area contributed by atoms with Crippen molar-refractivity contribution in [1.29, 1.82) is 0 Å². The van der Waals surface area contributed by atoms with E-state index in [2.05, 4.69) is 25.5 Å². The fourth-order valence-electron chi connectivity index (χ4n) is 2.10. The van der Waals surface area contributed by atoms with E-state index in [9.17, 15) is 0 Å². The van der Waals surface area contributed by atoms with E-state index in [4.69, 9.17) is 4.74 Å². The lowest BCUT2D eigenvalue weighted by Crippen LogP contribution is -2.45. The molecule has 0 saturated carbocycles. The summed E-state index contributed by atoms with van der Waals surface area (Å²) in [6.45, 7) is 10.8. The summed E-state index contributed by atoms with van der Waals surface area (Å²) in [5.74, 6) is 1.29. The Morgan fingerprint density at radius 3 is 2.89 bits per heavy atom. The van der Waals surface area contributed by atoms with Crippen molar-refractivity contribution < 1.29 is 4.74 Å². The monoisotopic (exact) mass is 265 g/mol. The largest absolute Gasteiger partial charge is 0.478 e. The summed E-state index contributed by atoms with van der Waals surface area (Å²) < 4.78 is 5.41. The average Bonchev–Trinajstić information content (AvgIpc) is 2.40.